The normalized spacial score (nSPS) is 14.6. The number of nitrogens with one attached hydrogen (secondary N) is 5. The highest BCUT2D eigenvalue weighted by Crippen LogP contribution is 2.09. The molecule has 0 saturated heterocycles. The van der Waals surface area contributed by atoms with Crippen molar-refractivity contribution < 1.29 is 48.6 Å². The Labute approximate surface area is 244 Å². The van der Waals surface area contributed by atoms with Crippen molar-refractivity contribution in [3.8, 4) is 0 Å². The number of amides is 6. The van der Waals surface area contributed by atoms with E-state index in [0.717, 1.165) is 0 Å². The zero-order valence-electron chi connectivity index (χ0n) is 25.0. The fourth-order valence-electron chi connectivity index (χ4n) is 3.83. The number of carbonyl (C=O) groups is 8. The molecule has 6 amide bonds. The van der Waals surface area contributed by atoms with Crippen LogP contribution < -0.4 is 32.3 Å². The summed E-state index contributed by atoms with van der Waals surface area (Å²) in [6, 6.07) is -7.02. The average Bonchev–Trinajstić information content (AvgIpc) is 2.82. The van der Waals surface area contributed by atoms with Crippen LogP contribution in [0.3, 0.4) is 0 Å². The Bertz CT molecular complexity index is 1030. The van der Waals surface area contributed by atoms with Crippen LogP contribution in [0.4, 0.5) is 0 Å². The standard InChI is InChI=1S/C26H44N6O10/c1-11(2)8-17(26(41)42)31-23(38)16(10-19(35)36)29-22(37)15(9-18(27)34)30-24(39)21(13(5)6)32-25(40)20(12(3)4)28-14(7)33/h11-13,15-17,20-21H,8-10H2,1-7H3,(H2,27,34)(H,28,33)(H,29,37)(H,30,39)(H,31,38)(H,32,40)(H,35,36)(H,41,42)/t15-,16-,17-,20-,21-/m0/s1. The van der Waals surface area contributed by atoms with Gasteiger partial charge in [-0.25, -0.2) is 4.79 Å². The van der Waals surface area contributed by atoms with Crippen molar-refractivity contribution in [3.63, 3.8) is 0 Å². The average molecular weight is 601 g/mol. The van der Waals surface area contributed by atoms with Gasteiger partial charge in [-0.2, -0.15) is 0 Å². The van der Waals surface area contributed by atoms with E-state index in [1.807, 2.05) is 0 Å². The largest absolute Gasteiger partial charge is 0.481 e. The first-order valence-electron chi connectivity index (χ1n) is 13.5. The minimum absolute atomic E-state index is 0.0249. The molecule has 9 N–H and O–H groups in total. The molecule has 0 aliphatic heterocycles. The molecule has 5 atom stereocenters. The van der Waals surface area contributed by atoms with Gasteiger partial charge in [0.15, 0.2) is 0 Å². The predicted octanol–water partition coefficient (Wildman–Crippen LogP) is -1.78. The first kappa shape index (κ1) is 37.8. The van der Waals surface area contributed by atoms with E-state index < -0.39 is 96.4 Å². The van der Waals surface area contributed by atoms with E-state index in [9.17, 15) is 48.6 Å². The van der Waals surface area contributed by atoms with Gasteiger partial charge in [0.05, 0.1) is 12.8 Å². The first-order chi connectivity index (χ1) is 19.3. The third-order valence-corrected chi connectivity index (χ3v) is 5.93. The van der Waals surface area contributed by atoms with E-state index in [4.69, 9.17) is 5.73 Å². The Morgan fingerprint density at radius 1 is 0.595 bits per heavy atom. The molecular weight excluding hydrogens is 556 g/mol. The second-order valence-corrected chi connectivity index (χ2v) is 11.1. The first-order valence-corrected chi connectivity index (χ1v) is 13.5. The van der Waals surface area contributed by atoms with Crippen LogP contribution in [0, 0.1) is 17.8 Å². The molecule has 0 aliphatic rings. The number of aliphatic carboxylic acids is 2. The molecule has 0 aromatic carbocycles. The highest BCUT2D eigenvalue weighted by Gasteiger charge is 2.35. The molecule has 238 valence electrons. The van der Waals surface area contributed by atoms with Gasteiger partial charge in [0, 0.05) is 6.92 Å². The van der Waals surface area contributed by atoms with Gasteiger partial charge >= 0.3 is 11.9 Å². The lowest BCUT2D eigenvalue weighted by atomic mass is 9.99. The molecule has 0 unspecified atom stereocenters. The van der Waals surface area contributed by atoms with Gasteiger partial charge in [-0.05, 0) is 24.2 Å². The summed E-state index contributed by atoms with van der Waals surface area (Å²) in [5.74, 6) is -9.17. The number of rotatable bonds is 18. The van der Waals surface area contributed by atoms with Crippen molar-refractivity contribution in [1.29, 1.82) is 0 Å². The summed E-state index contributed by atoms with van der Waals surface area (Å²) < 4.78 is 0. The zero-order valence-corrected chi connectivity index (χ0v) is 25.0. The lowest BCUT2D eigenvalue weighted by Gasteiger charge is -2.28. The summed E-state index contributed by atoms with van der Waals surface area (Å²) in [6.45, 7) is 11.2. The van der Waals surface area contributed by atoms with E-state index in [1.54, 1.807) is 41.5 Å². The topological polar surface area (TPSA) is 263 Å². The fraction of sp³-hybridized carbons (Fsp3) is 0.692. The summed E-state index contributed by atoms with van der Waals surface area (Å²) in [5.41, 5.74) is 5.24. The second-order valence-electron chi connectivity index (χ2n) is 11.1. The Morgan fingerprint density at radius 2 is 1.00 bits per heavy atom. The molecule has 0 aromatic rings. The molecule has 0 fully saturated rings. The van der Waals surface area contributed by atoms with Gasteiger partial charge in [-0.15, -0.1) is 0 Å². The Hall–Kier alpha value is -4.24. The quantitative estimate of drug-likeness (QED) is 0.0877. The fourth-order valence-corrected chi connectivity index (χ4v) is 3.83. The Balaban J connectivity index is 5.96. The molecule has 42 heavy (non-hydrogen) atoms. The number of primary amides is 1. The third kappa shape index (κ3) is 13.9. The molecule has 0 saturated carbocycles. The number of carboxylic acid groups (broad SMARTS) is 2. The second kappa shape index (κ2) is 17.5. The molecule has 16 nitrogen and oxygen atoms in total. The van der Waals surface area contributed by atoms with Crippen molar-refractivity contribution >= 4 is 47.4 Å². The minimum Gasteiger partial charge on any atom is -0.481 e. The van der Waals surface area contributed by atoms with E-state index in [1.165, 1.54) is 6.92 Å². The van der Waals surface area contributed by atoms with Crippen LogP contribution in [0.5, 0.6) is 0 Å². The van der Waals surface area contributed by atoms with Crippen molar-refractivity contribution in [3.05, 3.63) is 0 Å². The number of hydrogen-bond acceptors (Lipinski definition) is 8. The van der Waals surface area contributed by atoms with Gasteiger partial charge in [0.1, 0.15) is 30.2 Å². The molecule has 0 aromatic heterocycles. The third-order valence-electron chi connectivity index (χ3n) is 5.93. The number of hydrogen-bond donors (Lipinski definition) is 8. The summed E-state index contributed by atoms with van der Waals surface area (Å²) in [7, 11) is 0. The SMILES string of the molecule is CC(=O)N[C@H](C(=O)N[C@H](C(=O)N[C@@H](CC(N)=O)C(=O)N[C@@H](CC(=O)O)C(=O)N[C@@H](CC(C)C)C(=O)O)C(C)C)C(C)C. The van der Waals surface area contributed by atoms with E-state index in [-0.39, 0.29) is 18.3 Å². The molecule has 0 heterocycles. The zero-order chi connectivity index (χ0) is 32.9. The van der Waals surface area contributed by atoms with Crippen LogP contribution in [-0.4, -0.2) is 87.8 Å². The van der Waals surface area contributed by atoms with E-state index in [0.29, 0.717) is 0 Å². The molecular formula is C26H44N6O10. The van der Waals surface area contributed by atoms with E-state index in [2.05, 4.69) is 26.6 Å². The van der Waals surface area contributed by atoms with Gasteiger partial charge in [-0.3, -0.25) is 33.6 Å². The van der Waals surface area contributed by atoms with Crippen LogP contribution in [0.2, 0.25) is 0 Å². The van der Waals surface area contributed by atoms with Gasteiger partial charge in [0.25, 0.3) is 0 Å². The maximum atomic E-state index is 13.2. The maximum Gasteiger partial charge on any atom is 0.326 e. The Morgan fingerprint density at radius 3 is 1.38 bits per heavy atom. The van der Waals surface area contributed by atoms with Crippen LogP contribution in [-0.2, 0) is 38.4 Å². The van der Waals surface area contributed by atoms with E-state index >= 15 is 0 Å². The maximum absolute atomic E-state index is 13.2. The predicted molar refractivity (Wildman–Crippen MR) is 148 cm³/mol. The molecule has 16 heteroatoms. The van der Waals surface area contributed by atoms with Gasteiger partial charge in [0.2, 0.25) is 35.4 Å². The van der Waals surface area contributed by atoms with Crippen molar-refractivity contribution in [2.75, 3.05) is 0 Å². The van der Waals surface area contributed by atoms with Crippen LogP contribution in [0.25, 0.3) is 0 Å². The van der Waals surface area contributed by atoms with Gasteiger partial charge in [-0.1, -0.05) is 41.5 Å². The summed E-state index contributed by atoms with van der Waals surface area (Å²) in [4.78, 5) is 98.1. The summed E-state index contributed by atoms with van der Waals surface area (Å²) >= 11 is 0. The van der Waals surface area contributed by atoms with Crippen LogP contribution >= 0.6 is 0 Å². The van der Waals surface area contributed by atoms with Crippen LogP contribution in [0.1, 0.15) is 67.7 Å². The smallest absolute Gasteiger partial charge is 0.326 e. The molecule has 0 radical (unpaired) electrons. The number of nitrogens with two attached hydrogens (primary N) is 1. The van der Waals surface area contributed by atoms with Gasteiger partial charge < -0.3 is 42.5 Å². The number of carboxylic acids is 2. The van der Waals surface area contributed by atoms with Crippen molar-refractivity contribution in [1.82, 2.24) is 26.6 Å². The summed E-state index contributed by atoms with van der Waals surface area (Å²) in [6.07, 6.45) is -1.66. The molecule has 0 spiro atoms. The molecule has 0 rings (SSSR count). The van der Waals surface area contributed by atoms with Crippen LogP contribution in [0.15, 0.2) is 0 Å². The highest BCUT2D eigenvalue weighted by atomic mass is 16.4. The Kier molecular flexibility index (Phi) is 15.8. The van der Waals surface area contributed by atoms with Crippen molar-refractivity contribution in [2.24, 2.45) is 23.5 Å². The monoisotopic (exact) mass is 600 g/mol. The molecule has 0 bridgehead atoms. The molecule has 0 aliphatic carbocycles. The summed E-state index contributed by atoms with van der Waals surface area (Å²) in [5, 5.41) is 30.3. The lowest BCUT2D eigenvalue weighted by molar-refractivity contribution is -0.144. The lowest BCUT2D eigenvalue weighted by Crippen LogP contribution is -2.60. The number of carbonyl (C=O) groups excluding carboxylic acids is 6. The van der Waals surface area contributed by atoms with Crippen molar-refractivity contribution in [2.45, 2.75) is 97.9 Å². The highest BCUT2D eigenvalue weighted by molar-refractivity contribution is 5.98. The minimum atomic E-state index is -1.76.